The zero-order valence-corrected chi connectivity index (χ0v) is 4.15. The van der Waals surface area contributed by atoms with E-state index in [1.165, 1.54) is 5.57 Å². The van der Waals surface area contributed by atoms with Gasteiger partial charge in [0.2, 0.25) is 0 Å². The molecule has 0 saturated heterocycles. The Kier molecular flexibility index (Phi) is 1.12. The summed E-state index contributed by atoms with van der Waals surface area (Å²) in [6.07, 6.45) is 9.87. The Morgan fingerprint density at radius 1 is 1.86 bits per heavy atom. The molecule has 0 saturated carbocycles. The molecular weight excluding hydrogens is 84.1 g/mol. The SMILES string of the molecule is C=CC1=CC[C]=C1. The summed E-state index contributed by atoms with van der Waals surface area (Å²) in [5.41, 5.74) is 1.19. The monoisotopic (exact) mass is 91.1 g/mol. The molecule has 1 aliphatic rings. The fourth-order valence-electron chi connectivity index (χ4n) is 0.555. The molecule has 0 aromatic carbocycles. The van der Waals surface area contributed by atoms with Crippen LogP contribution in [-0.2, 0) is 0 Å². The Labute approximate surface area is 43.9 Å². The standard InChI is InChI=1S/C7H7/c1-2-7-5-3-4-6-7/h2,5-6H,1,3H2. The summed E-state index contributed by atoms with van der Waals surface area (Å²) < 4.78 is 0. The van der Waals surface area contributed by atoms with E-state index in [9.17, 15) is 0 Å². The first-order valence-corrected chi connectivity index (χ1v) is 2.32. The van der Waals surface area contributed by atoms with Gasteiger partial charge < -0.3 is 0 Å². The molecule has 1 aliphatic carbocycles. The molecule has 0 unspecified atom stereocenters. The first-order valence-electron chi connectivity index (χ1n) is 2.32. The van der Waals surface area contributed by atoms with Crippen molar-refractivity contribution in [2.24, 2.45) is 0 Å². The van der Waals surface area contributed by atoms with Gasteiger partial charge >= 0.3 is 0 Å². The highest BCUT2D eigenvalue weighted by Crippen LogP contribution is 2.06. The van der Waals surface area contributed by atoms with Crippen molar-refractivity contribution in [3.05, 3.63) is 36.5 Å². The van der Waals surface area contributed by atoms with Gasteiger partial charge in [-0.05, 0) is 18.1 Å². The number of rotatable bonds is 1. The highest BCUT2D eigenvalue weighted by Gasteiger charge is 1.88. The summed E-state index contributed by atoms with van der Waals surface area (Å²) in [6.45, 7) is 3.60. The predicted octanol–water partition coefficient (Wildman–Crippen LogP) is 1.86. The van der Waals surface area contributed by atoms with Gasteiger partial charge in [0.15, 0.2) is 0 Å². The van der Waals surface area contributed by atoms with Gasteiger partial charge in [-0.3, -0.25) is 0 Å². The van der Waals surface area contributed by atoms with Gasteiger partial charge in [0, 0.05) is 0 Å². The third kappa shape index (κ3) is 0.801. The van der Waals surface area contributed by atoms with E-state index < -0.39 is 0 Å². The molecule has 0 aromatic heterocycles. The molecule has 0 heterocycles. The van der Waals surface area contributed by atoms with Gasteiger partial charge in [-0.2, -0.15) is 0 Å². The predicted molar refractivity (Wildman–Crippen MR) is 30.7 cm³/mol. The van der Waals surface area contributed by atoms with Crippen molar-refractivity contribution in [1.82, 2.24) is 0 Å². The minimum atomic E-state index is 0.960. The summed E-state index contributed by atoms with van der Waals surface area (Å²) in [4.78, 5) is 0. The highest BCUT2D eigenvalue weighted by molar-refractivity contribution is 5.31. The lowest BCUT2D eigenvalue weighted by Gasteiger charge is -1.77. The number of allylic oxidation sites excluding steroid dienone is 5. The lowest BCUT2D eigenvalue weighted by atomic mass is 10.3. The Morgan fingerprint density at radius 2 is 2.71 bits per heavy atom. The van der Waals surface area contributed by atoms with E-state index in [0.29, 0.717) is 0 Å². The summed E-state index contributed by atoms with van der Waals surface area (Å²) in [5.74, 6) is 0. The van der Waals surface area contributed by atoms with E-state index in [0.717, 1.165) is 6.42 Å². The molecule has 0 aliphatic heterocycles. The number of hydrogen-bond donors (Lipinski definition) is 0. The maximum atomic E-state index is 3.60. The van der Waals surface area contributed by atoms with E-state index >= 15 is 0 Å². The molecule has 35 valence electrons. The minimum Gasteiger partial charge on any atom is -0.0985 e. The zero-order chi connectivity index (χ0) is 5.11. The molecule has 1 radical (unpaired) electrons. The molecule has 0 aromatic rings. The summed E-state index contributed by atoms with van der Waals surface area (Å²) >= 11 is 0. The molecule has 0 N–H and O–H groups in total. The molecular formula is C7H7. The van der Waals surface area contributed by atoms with Crippen molar-refractivity contribution < 1.29 is 0 Å². The molecule has 0 fully saturated rings. The van der Waals surface area contributed by atoms with Gasteiger partial charge in [-0.25, -0.2) is 0 Å². The van der Waals surface area contributed by atoms with E-state index in [1.807, 2.05) is 12.2 Å². The lowest BCUT2D eigenvalue weighted by molar-refractivity contribution is 1.39. The second-order valence-corrected chi connectivity index (χ2v) is 1.46. The average Bonchev–Trinajstić information content (AvgIpc) is 2.14. The van der Waals surface area contributed by atoms with Crippen molar-refractivity contribution in [3.8, 4) is 0 Å². The smallest absolute Gasteiger partial charge is 0.00854 e. The van der Waals surface area contributed by atoms with Gasteiger partial charge in [0.05, 0.1) is 0 Å². The van der Waals surface area contributed by atoms with Crippen molar-refractivity contribution >= 4 is 0 Å². The van der Waals surface area contributed by atoms with Crippen LogP contribution < -0.4 is 0 Å². The van der Waals surface area contributed by atoms with Crippen molar-refractivity contribution in [2.75, 3.05) is 0 Å². The van der Waals surface area contributed by atoms with Crippen LogP contribution in [-0.4, -0.2) is 0 Å². The van der Waals surface area contributed by atoms with Gasteiger partial charge in [-0.1, -0.05) is 24.8 Å². The molecule has 7 heavy (non-hydrogen) atoms. The second-order valence-electron chi connectivity index (χ2n) is 1.46. The third-order valence-corrected chi connectivity index (χ3v) is 0.960. The van der Waals surface area contributed by atoms with Crippen LogP contribution in [0, 0.1) is 6.08 Å². The maximum Gasteiger partial charge on any atom is -0.00854 e. The van der Waals surface area contributed by atoms with Gasteiger partial charge in [0.1, 0.15) is 0 Å². The van der Waals surface area contributed by atoms with Crippen LogP contribution in [0.15, 0.2) is 30.4 Å². The quantitative estimate of drug-likeness (QED) is 0.462. The van der Waals surface area contributed by atoms with Crippen molar-refractivity contribution in [3.63, 3.8) is 0 Å². The van der Waals surface area contributed by atoms with Crippen LogP contribution in [0.1, 0.15) is 6.42 Å². The van der Waals surface area contributed by atoms with Crippen molar-refractivity contribution in [1.29, 1.82) is 0 Å². The number of hydrogen-bond acceptors (Lipinski definition) is 0. The first kappa shape index (κ1) is 4.38. The molecule has 1 rings (SSSR count). The summed E-state index contributed by atoms with van der Waals surface area (Å²) in [5, 5.41) is 0. The van der Waals surface area contributed by atoms with Crippen LogP contribution in [0.3, 0.4) is 0 Å². The Bertz CT molecular complexity index is 127. The van der Waals surface area contributed by atoms with Crippen LogP contribution in [0.2, 0.25) is 0 Å². The normalized spacial score (nSPS) is 16.9. The average molecular weight is 91.1 g/mol. The largest absolute Gasteiger partial charge is 0.0985 e. The fourth-order valence-corrected chi connectivity index (χ4v) is 0.555. The molecule has 0 bridgehead atoms. The van der Waals surface area contributed by atoms with Crippen molar-refractivity contribution in [2.45, 2.75) is 6.42 Å². The second kappa shape index (κ2) is 1.78. The third-order valence-electron chi connectivity index (χ3n) is 0.960. The summed E-state index contributed by atoms with van der Waals surface area (Å²) in [6, 6.07) is 0. The Morgan fingerprint density at radius 3 is 3.00 bits per heavy atom. The minimum absolute atomic E-state index is 0.960. The maximum absolute atomic E-state index is 3.60. The molecule has 0 amide bonds. The topological polar surface area (TPSA) is 0 Å². The molecule has 0 atom stereocenters. The Hall–Kier alpha value is -0.780. The Balaban J connectivity index is 2.69. The van der Waals surface area contributed by atoms with Crippen LogP contribution in [0.25, 0.3) is 0 Å². The van der Waals surface area contributed by atoms with E-state index in [4.69, 9.17) is 0 Å². The van der Waals surface area contributed by atoms with E-state index in [-0.39, 0.29) is 0 Å². The summed E-state index contributed by atoms with van der Waals surface area (Å²) in [7, 11) is 0. The molecule has 0 spiro atoms. The van der Waals surface area contributed by atoms with Crippen LogP contribution >= 0.6 is 0 Å². The van der Waals surface area contributed by atoms with Crippen LogP contribution in [0.5, 0.6) is 0 Å². The molecule has 0 nitrogen and oxygen atoms in total. The van der Waals surface area contributed by atoms with E-state index in [2.05, 4.69) is 18.7 Å². The first-order chi connectivity index (χ1) is 3.43. The highest BCUT2D eigenvalue weighted by atomic mass is 13.9. The van der Waals surface area contributed by atoms with Gasteiger partial charge in [-0.15, -0.1) is 0 Å². The van der Waals surface area contributed by atoms with E-state index in [1.54, 1.807) is 0 Å². The lowest BCUT2D eigenvalue weighted by Crippen LogP contribution is -1.57. The molecule has 0 heteroatoms. The van der Waals surface area contributed by atoms with Crippen LogP contribution in [0.4, 0.5) is 0 Å². The van der Waals surface area contributed by atoms with Gasteiger partial charge in [0.25, 0.3) is 0 Å². The fraction of sp³-hybridized carbons (Fsp3) is 0.143. The zero-order valence-electron chi connectivity index (χ0n) is 4.15.